The van der Waals surface area contributed by atoms with E-state index in [-0.39, 0.29) is 0 Å². The summed E-state index contributed by atoms with van der Waals surface area (Å²) in [5.41, 5.74) is 0. The van der Waals surface area contributed by atoms with Gasteiger partial charge < -0.3 is 40.9 Å². The number of aliphatic hydroxyl groups excluding tert-OH is 6. The molecule has 8 N–H and O–H groups in total. The first-order valence-corrected chi connectivity index (χ1v) is 6.70. The van der Waals surface area contributed by atoms with Crippen LogP contribution >= 0.6 is 25.3 Å². The number of carbonyl (C=O) groups is 2. The fraction of sp³-hybridized carbons (Fsp3) is 0.800. The van der Waals surface area contributed by atoms with E-state index in [1.54, 1.807) is 0 Å². The summed E-state index contributed by atoms with van der Waals surface area (Å²) < 4.78 is -1.77. The third-order valence-corrected chi connectivity index (χ3v) is 3.54. The zero-order chi connectivity index (χ0) is 17.8. The Labute approximate surface area is 135 Å². The van der Waals surface area contributed by atoms with Gasteiger partial charge in [0.25, 0.3) is 0 Å². The lowest BCUT2D eigenvalue weighted by Crippen LogP contribution is -2.63. The highest BCUT2D eigenvalue weighted by Crippen LogP contribution is 2.23. The average molecular weight is 362 g/mol. The van der Waals surface area contributed by atoms with Crippen LogP contribution in [0.5, 0.6) is 0 Å². The van der Waals surface area contributed by atoms with E-state index in [4.69, 9.17) is 40.9 Å². The lowest BCUT2D eigenvalue weighted by atomic mass is 9.85. The fourth-order valence-corrected chi connectivity index (χ4v) is 1.77. The standard InChI is InChI=1S/C6H12O6.C4H6O4S2/c7-1-2(8)4(10)6(12)5(11)3(1)9;5-2(6)1-4(9,10)3(7)8/h1-12H;9-10H,1H2,(H,5,6)(H,7,8)/t1-,2-,3-,4+,5-,6-;. The summed E-state index contributed by atoms with van der Waals surface area (Å²) in [5.74, 6) is -2.60. The van der Waals surface area contributed by atoms with Crippen LogP contribution in [-0.2, 0) is 9.59 Å². The van der Waals surface area contributed by atoms with Crippen LogP contribution in [0.15, 0.2) is 0 Å². The second-order valence-electron chi connectivity index (χ2n) is 4.64. The van der Waals surface area contributed by atoms with Crippen molar-refractivity contribution in [2.45, 2.75) is 47.1 Å². The van der Waals surface area contributed by atoms with Crippen LogP contribution in [0.3, 0.4) is 0 Å². The van der Waals surface area contributed by atoms with Crippen molar-refractivity contribution < 1.29 is 50.4 Å². The highest BCUT2D eigenvalue weighted by Gasteiger charge is 2.47. The Morgan fingerprint density at radius 1 is 0.727 bits per heavy atom. The molecule has 0 amide bonds. The minimum atomic E-state index is -1.77. The summed E-state index contributed by atoms with van der Waals surface area (Å²) in [6, 6.07) is 0. The van der Waals surface area contributed by atoms with E-state index in [2.05, 4.69) is 25.3 Å². The number of carboxylic acid groups (broad SMARTS) is 2. The molecular formula is C10H18O10S2. The maximum absolute atomic E-state index is 10.1. The lowest BCUT2D eigenvalue weighted by molar-refractivity contribution is -0.223. The first-order valence-electron chi connectivity index (χ1n) is 5.81. The molecule has 1 aliphatic carbocycles. The first-order chi connectivity index (χ1) is 9.82. The van der Waals surface area contributed by atoms with Crippen LogP contribution in [0, 0.1) is 0 Å². The SMILES string of the molecule is O=C(O)CC(S)(S)C(=O)O.O[C@H]1[C@H](O)[C@@H](O)[C@H](O)[C@@H](O)[C@H]1O. The van der Waals surface area contributed by atoms with Crippen molar-refractivity contribution in [3.05, 3.63) is 0 Å². The van der Waals surface area contributed by atoms with Gasteiger partial charge in [0.05, 0.1) is 6.42 Å². The van der Waals surface area contributed by atoms with Crippen LogP contribution in [0.2, 0.25) is 0 Å². The number of aliphatic carboxylic acids is 2. The number of hydrogen-bond acceptors (Lipinski definition) is 10. The quantitative estimate of drug-likeness (QED) is 0.176. The molecule has 0 aromatic rings. The molecule has 1 fully saturated rings. The van der Waals surface area contributed by atoms with E-state index in [9.17, 15) is 9.59 Å². The number of thiol groups is 2. The van der Waals surface area contributed by atoms with Gasteiger partial charge in [0.1, 0.15) is 36.6 Å². The van der Waals surface area contributed by atoms with Gasteiger partial charge in [-0.15, -0.1) is 25.3 Å². The molecule has 0 atom stereocenters. The monoisotopic (exact) mass is 362 g/mol. The van der Waals surface area contributed by atoms with Crippen molar-refractivity contribution in [3.63, 3.8) is 0 Å². The van der Waals surface area contributed by atoms with E-state index in [0.29, 0.717) is 0 Å². The van der Waals surface area contributed by atoms with Crippen molar-refractivity contribution in [3.8, 4) is 0 Å². The maximum atomic E-state index is 10.1. The number of rotatable bonds is 3. The van der Waals surface area contributed by atoms with Gasteiger partial charge in [0, 0.05) is 0 Å². The molecule has 0 saturated heterocycles. The van der Waals surface area contributed by atoms with Gasteiger partial charge in [-0.25, -0.2) is 4.79 Å². The van der Waals surface area contributed by atoms with Gasteiger partial charge in [0.15, 0.2) is 4.08 Å². The highest BCUT2D eigenvalue weighted by atomic mass is 32.2. The average Bonchev–Trinajstić information content (AvgIpc) is 2.40. The normalized spacial score (nSPS) is 35.3. The lowest BCUT2D eigenvalue weighted by Gasteiger charge is -2.39. The molecule has 12 heteroatoms. The second kappa shape index (κ2) is 8.31. The van der Waals surface area contributed by atoms with Crippen LogP contribution < -0.4 is 0 Å². The largest absolute Gasteiger partial charge is 0.481 e. The zero-order valence-electron chi connectivity index (χ0n) is 11.0. The third-order valence-electron chi connectivity index (χ3n) is 2.84. The van der Waals surface area contributed by atoms with E-state index < -0.39 is 59.1 Å². The van der Waals surface area contributed by atoms with Gasteiger partial charge >= 0.3 is 11.9 Å². The second-order valence-corrected chi connectivity index (χ2v) is 6.52. The van der Waals surface area contributed by atoms with E-state index in [0.717, 1.165) is 0 Å². The molecule has 0 aromatic heterocycles. The molecular weight excluding hydrogens is 344 g/mol. The summed E-state index contributed by atoms with van der Waals surface area (Å²) in [5, 5.41) is 70.3. The Morgan fingerprint density at radius 2 is 0.955 bits per heavy atom. The molecule has 0 radical (unpaired) electrons. The van der Waals surface area contributed by atoms with Crippen molar-refractivity contribution in [1.82, 2.24) is 0 Å². The van der Waals surface area contributed by atoms with Crippen molar-refractivity contribution in [2.75, 3.05) is 0 Å². The molecule has 0 spiro atoms. The minimum Gasteiger partial charge on any atom is -0.481 e. The van der Waals surface area contributed by atoms with Crippen molar-refractivity contribution >= 4 is 37.2 Å². The zero-order valence-corrected chi connectivity index (χ0v) is 12.7. The predicted molar refractivity (Wildman–Crippen MR) is 76.6 cm³/mol. The molecule has 1 rings (SSSR count). The summed E-state index contributed by atoms with van der Waals surface area (Å²) >= 11 is 7.01. The van der Waals surface area contributed by atoms with Crippen LogP contribution in [-0.4, -0.2) is 93.5 Å². The summed E-state index contributed by atoms with van der Waals surface area (Å²) in [4.78, 5) is 20.1. The van der Waals surface area contributed by atoms with Crippen LogP contribution in [0.4, 0.5) is 0 Å². The molecule has 0 unspecified atom stereocenters. The minimum absolute atomic E-state index is 0.617. The van der Waals surface area contributed by atoms with Gasteiger partial charge in [-0.2, -0.15) is 0 Å². The van der Waals surface area contributed by atoms with Gasteiger partial charge in [-0.3, -0.25) is 4.79 Å². The maximum Gasteiger partial charge on any atom is 0.330 e. The summed E-state index contributed by atoms with van der Waals surface area (Å²) in [6.07, 6.45) is -10.5. The molecule has 0 aliphatic heterocycles. The third kappa shape index (κ3) is 5.55. The number of aliphatic hydroxyl groups is 6. The van der Waals surface area contributed by atoms with Gasteiger partial charge in [0.2, 0.25) is 0 Å². The summed E-state index contributed by atoms with van der Waals surface area (Å²) in [6.45, 7) is 0. The van der Waals surface area contributed by atoms with Crippen molar-refractivity contribution in [2.24, 2.45) is 0 Å². The number of carboxylic acids is 2. The molecule has 130 valence electrons. The predicted octanol–water partition coefficient (Wildman–Crippen LogP) is -3.73. The Hall–Kier alpha value is -0.600. The fourth-order valence-electron chi connectivity index (χ4n) is 1.50. The molecule has 0 bridgehead atoms. The van der Waals surface area contributed by atoms with Crippen LogP contribution in [0.1, 0.15) is 6.42 Å². The Morgan fingerprint density at radius 3 is 1.05 bits per heavy atom. The Bertz CT molecular complexity index is 345. The van der Waals surface area contributed by atoms with E-state index >= 15 is 0 Å². The van der Waals surface area contributed by atoms with E-state index in [1.165, 1.54) is 0 Å². The molecule has 10 nitrogen and oxygen atoms in total. The smallest absolute Gasteiger partial charge is 0.330 e. The Balaban J connectivity index is 0.000000409. The Kier molecular flexibility index (Phi) is 8.08. The molecule has 0 heterocycles. The van der Waals surface area contributed by atoms with E-state index in [1.807, 2.05) is 0 Å². The first kappa shape index (κ1) is 21.4. The molecule has 0 aromatic carbocycles. The summed E-state index contributed by atoms with van der Waals surface area (Å²) in [7, 11) is 0. The number of hydrogen-bond donors (Lipinski definition) is 10. The van der Waals surface area contributed by atoms with Crippen LogP contribution in [0.25, 0.3) is 0 Å². The van der Waals surface area contributed by atoms with Gasteiger partial charge in [-0.05, 0) is 0 Å². The topological polar surface area (TPSA) is 196 Å². The van der Waals surface area contributed by atoms with Gasteiger partial charge in [-0.1, -0.05) is 0 Å². The molecule has 1 aliphatic rings. The molecule has 1 saturated carbocycles. The molecule has 22 heavy (non-hydrogen) atoms. The van der Waals surface area contributed by atoms with Crippen molar-refractivity contribution in [1.29, 1.82) is 0 Å². The highest BCUT2D eigenvalue weighted by molar-refractivity contribution is 8.02.